The summed E-state index contributed by atoms with van der Waals surface area (Å²) in [5.74, 6) is -0.766. The lowest BCUT2D eigenvalue weighted by atomic mass is 10.3. The molecule has 0 fully saturated rings. The van der Waals surface area contributed by atoms with Crippen molar-refractivity contribution >= 4 is 17.6 Å². The van der Waals surface area contributed by atoms with Crippen LogP contribution in [0.2, 0.25) is 5.02 Å². The molecule has 0 radical (unpaired) electrons. The van der Waals surface area contributed by atoms with Gasteiger partial charge in [0.05, 0.1) is 10.7 Å². The molecule has 0 amide bonds. The van der Waals surface area contributed by atoms with Crippen molar-refractivity contribution in [2.24, 2.45) is 0 Å². The molecular formula is C9H7ClN4O2. The Hall–Kier alpha value is -1.95. The molecule has 0 spiro atoms. The molecule has 0 atom stereocenters. The minimum atomic E-state index is -1.13. The topological polar surface area (TPSA) is 80.9 Å². The molecule has 16 heavy (non-hydrogen) atoms. The highest BCUT2D eigenvalue weighted by Gasteiger charge is 2.17. The van der Waals surface area contributed by atoms with Crippen molar-refractivity contribution in [3.63, 3.8) is 0 Å². The Bertz CT molecular complexity index is 552. The van der Waals surface area contributed by atoms with Crippen LogP contribution in [0.5, 0.6) is 0 Å². The largest absolute Gasteiger partial charge is 0.476 e. The van der Waals surface area contributed by atoms with Gasteiger partial charge in [-0.3, -0.25) is 0 Å². The van der Waals surface area contributed by atoms with E-state index in [-0.39, 0.29) is 5.69 Å². The van der Waals surface area contributed by atoms with Crippen molar-refractivity contribution in [3.8, 4) is 5.82 Å². The molecule has 0 aromatic carbocycles. The van der Waals surface area contributed by atoms with Crippen molar-refractivity contribution in [1.29, 1.82) is 0 Å². The molecule has 82 valence electrons. The van der Waals surface area contributed by atoms with E-state index in [4.69, 9.17) is 16.7 Å². The van der Waals surface area contributed by atoms with Gasteiger partial charge in [-0.15, -0.1) is 5.10 Å². The second kappa shape index (κ2) is 3.90. The third kappa shape index (κ3) is 1.63. The van der Waals surface area contributed by atoms with E-state index in [1.165, 1.54) is 4.68 Å². The second-order valence-corrected chi connectivity index (χ2v) is 3.46. The summed E-state index contributed by atoms with van der Waals surface area (Å²) >= 11 is 5.92. The lowest BCUT2D eigenvalue weighted by Crippen LogP contribution is -2.04. The second-order valence-electron chi connectivity index (χ2n) is 3.05. The molecule has 6 nitrogen and oxygen atoms in total. The Morgan fingerprint density at radius 3 is 2.88 bits per heavy atom. The van der Waals surface area contributed by atoms with E-state index in [0.717, 1.165) is 0 Å². The van der Waals surface area contributed by atoms with E-state index < -0.39 is 5.97 Å². The Labute approximate surface area is 95.5 Å². The zero-order chi connectivity index (χ0) is 11.7. The lowest BCUT2D eigenvalue weighted by molar-refractivity contribution is 0.0689. The van der Waals surface area contributed by atoms with Crippen LogP contribution in [0.3, 0.4) is 0 Å². The molecule has 7 heteroatoms. The van der Waals surface area contributed by atoms with Crippen LogP contribution in [-0.2, 0) is 0 Å². The minimum absolute atomic E-state index is 0.110. The number of hydrogen-bond donors (Lipinski definition) is 1. The third-order valence-electron chi connectivity index (χ3n) is 2.04. The van der Waals surface area contributed by atoms with Gasteiger partial charge in [-0.25, -0.2) is 9.78 Å². The standard InChI is InChI=1S/C9H7ClN4O2/c1-5-7(9(15)16)12-13-14(5)8-6(10)3-2-4-11-8/h2-4H,1H3,(H,15,16). The maximum Gasteiger partial charge on any atom is 0.358 e. The number of nitrogens with zero attached hydrogens (tertiary/aromatic N) is 4. The fraction of sp³-hybridized carbons (Fsp3) is 0.111. The Morgan fingerprint density at radius 2 is 2.31 bits per heavy atom. The van der Waals surface area contributed by atoms with Crippen LogP contribution < -0.4 is 0 Å². The highest BCUT2D eigenvalue weighted by atomic mass is 35.5. The van der Waals surface area contributed by atoms with E-state index in [1.54, 1.807) is 25.3 Å². The first-order valence-corrected chi connectivity index (χ1v) is 4.75. The molecule has 0 saturated carbocycles. The number of carboxylic acid groups (broad SMARTS) is 1. The van der Waals surface area contributed by atoms with Crippen LogP contribution in [0, 0.1) is 6.92 Å². The molecular weight excluding hydrogens is 232 g/mol. The summed E-state index contributed by atoms with van der Waals surface area (Å²) in [6.07, 6.45) is 1.54. The molecule has 1 N–H and O–H groups in total. The molecule has 2 aromatic heterocycles. The van der Waals surface area contributed by atoms with Gasteiger partial charge in [-0.1, -0.05) is 16.8 Å². The summed E-state index contributed by atoms with van der Waals surface area (Å²) in [5.41, 5.74) is 0.273. The third-order valence-corrected chi connectivity index (χ3v) is 2.33. The normalized spacial score (nSPS) is 10.4. The molecule has 0 saturated heterocycles. The highest BCUT2D eigenvalue weighted by Crippen LogP contribution is 2.18. The Kier molecular flexibility index (Phi) is 2.57. The number of aromatic nitrogens is 4. The van der Waals surface area contributed by atoms with Gasteiger partial charge in [0.15, 0.2) is 11.5 Å². The Morgan fingerprint density at radius 1 is 1.56 bits per heavy atom. The summed E-state index contributed by atoms with van der Waals surface area (Å²) in [5, 5.41) is 16.5. The van der Waals surface area contributed by atoms with Crippen molar-refractivity contribution < 1.29 is 9.90 Å². The summed E-state index contributed by atoms with van der Waals surface area (Å²) < 4.78 is 1.30. The number of aromatic carboxylic acids is 1. The van der Waals surface area contributed by atoms with E-state index in [1.807, 2.05) is 0 Å². The number of hydrogen-bond acceptors (Lipinski definition) is 4. The monoisotopic (exact) mass is 238 g/mol. The fourth-order valence-corrected chi connectivity index (χ4v) is 1.46. The smallest absolute Gasteiger partial charge is 0.358 e. The molecule has 0 aliphatic rings. The number of rotatable bonds is 2. The summed E-state index contributed by atoms with van der Waals surface area (Å²) in [4.78, 5) is 14.8. The van der Waals surface area contributed by atoms with E-state index >= 15 is 0 Å². The van der Waals surface area contributed by atoms with Crippen LogP contribution in [0.25, 0.3) is 5.82 Å². The van der Waals surface area contributed by atoms with Crippen LogP contribution in [0.1, 0.15) is 16.2 Å². The summed E-state index contributed by atoms with van der Waals surface area (Å²) in [6, 6.07) is 3.32. The van der Waals surface area contributed by atoms with Gasteiger partial charge in [0.2, 0.25) is 0 Å². The zero-order valence-corrected chi connectivity index (χ0v) is 9.01. The van der Waals surface area contributed by atoms with Gasteiger partial charge < -0.3 is 5.11 Å². The highest BCUT2D eigenvalue weighted by molar-refractivity contribution is 6.32. The van der Waals surface area contributed by atoms with Crippen molar-refractivity contribution in [3.05, 3.63) is 34.7 Å². The summed E-state index contributed by atoms with van der Waals surface area (Å²) in [7, 11) is 0. The van der Waals surface area contributed by atoms with E-state index in [0.29, 0.717) is 16.5 Å². The maximum absolute atomic E-state index is 10.8. The van der Waals surface area contributed by atoms with Crippen molar-refractivity contribution in [1.82, 2.24) is 20.0 Å². The number of carboxylic acids is 1. The lowest BCUT2D eigenvalue weighted by Gasteiger charge is -2.03. The van der Waals surface area contributed by atoms with Gasteiger partial charge in [-0.05, 0) is 19.1 Å². The van der Waals surface area contributed by atoms with Gasteiger partial charge in [0, 0.05) is 6.20 Å². The maximum atomic E-state index is 10.8. The van der Waals surface area contributed by atoms with Gasteiger partial charge in [0.25, 0.3) is 0 Å². The van der Waals surface area contributed by atoms with E-state index in [9.17, 15) is 4.79 Å². The average Bonchev–Trinajstić information content (AvgIpc) is 2.61. The van der Waals surface area contributed by atoms with Crippen LogP contribution in [-0.4, -0.2) is 31.1 Å². The SMILES string of the molecule is Cc1c(C(=O)O)nnn1-c1ncccc1Cl. The number of pyridine rings is 1. The minimum Gasteiger partial charge on any atom is -0.476 e. The molecule has 0 aliphatic carbocycles. The molecule has 0 aliphatic heterocycles. The van der Waals surface area contributed by atoms with Gasteiger partial charge in [0.1, 0.15) is 0 Å². The van der Waals surface area contributed by atoms with Gasteiger partial charge in [-0.2, -0.15) is 4.68 Å². The quantitative estimate of drug-likeness (QED) is 0.853. The molecule has 0 bridgehead atoms. The van der Waals surface area contributed by atoms with Crippen LogP contribution in [0.15, 0.2) is 18.3 Å². The molecule has 0 unspecified atom stereocenters. The van der Waals surface area contributed by atoms with Crippen molar-refractivity contribution in [2.45, 2.75) is 6.92 Å². The van der Waals surface area contributed by atoms with Crippen LogP contribution in [0.4, 0.5) is 0 Å². The fourth-order valence-electron chi connectivity index (χ4n) is 1.26. The first-order valence-electron chi connectivity index (χ1n) is 4.37. The zero-order valence-electron chi connectivity index (χ0n) is 8.25. The molecule has 2 aromatic rings. The molecule has 2 rings (SSSR count). The van der Waals surface area contributed by atoms with Gasteiger partial charge >= 0.3 is 5.97 Å². The average molecular weight is 239 g/mol. The first-order chi connectivity index (χ1) is 7.61. The molecule has 2 heterocycles. The number of carbonyl (C=O) groups is 1. The van der Waals surface area contributed by atoms with Crippen LogP contribution >= 0.6 is 11.6 Å². The van der Waals surface area contributed by atoms with E-state index in [2.05, 4.69) is 15.3 Å². The first kappa shape index (κ1) is 10.6. The summed E-state index contributed by atoms with van der Waals surface area (Å²) in [6.45, 7) is 1.59. The number of halogens is 1. The predicted octanol–water partition coefficient (Wildman–Crippen LogP) is 1.32. The Balaban J connectivity index is 2.58. The van der Waals surface area contributed by atoms with Crippen molar-refractivity contribution in [2.75, 3.05) is 0 Å². The predicted molar refractivity (Wildman–Crippen MR) is 55.9 cm³/mol.